The van der Waals surface area contributed by atoms with Crippen LogP contribution in [-0.4, -0.2) is 51.1 Å². The van der Waals surface area contributed by atoms with Gasteiger partial charge in [0.05, 0.1) is 11.1 Å². The molecule has 2 aliphatic rings. The number of primary amides is 1. The molecule has 2 atom stereocenters. The standard InChI is InChI=1S/C20H21N5O2/c21-19(27)16-2-1-3-17-18(16)23-20(22-17)25-11-13-8-14(25)10-24(13)9-12-4-6-15(26)7-5-12/h1-7,13-14,26H,8-11H2,(H2,21,27)(H,22,23)/t13-,14-/m0/s1. The van der Waals surface area contributed by atoms with E-state index in [0.717, 1.165) is 37.5 Å². The summed E-state index contributed by atoms with van der Waals surface area (Å²) in [5, 5.41) is 9.44. The number of carbonyl (C=O) groups excluding carboxylic acids is 1. The van der Waals surface area contributed by atoms with Gasteiger partial charge in [-0.3, -0.25) is 9.69 Å². The number of aromatic amines is 1. The molecule has 2 fully saturated rings. The Morgan fingerprint density at radius 2 is 2.00 bits per heavy atom. The number of nitrogens with two attached hydrogens (primary N) is 1. The number of phenols is 1. The fourth-order valence-corrected chi connectivity index (χ4v) is 4.39. The van der Waals surface area contributed by atoms with Crippen molar-refractivity contribution < 1.29 is 9.90 Å². The van der Waals surface area contributed by atoms with Gasteiger partial charge in [-0.1, -0.05) is 18.2 Å². The number of anilines is 1. The largest absolute Gasteiger partial charge is 0.508 e. The quantitative estimate of drug-likeness (QED) is 0.657. The van der Waals surface area contributed by atoms with Gasteiger partial charge in [0.1, 0.15) is 11.3 Å². The van der Waals surface area contributed by atoms with E-state index in [0.29, 0.717) is 28.9 Å². The lowest BCUT2D eigenvalue weighted by Crippen LogP contribution is -2.46. The van der Waals surface area contributed by atoms with Crippen molar-refractivity contribution in [3.8, 4) is 5.75 Å². The highest BCUT2D eigenvalue weighted by atomic mass is 16.3. The molecule has 138 valence electrons. The van der Waals surface area contributed by atoms with E-state index in [1.165, 1.54) is 5.56 Å². The van der Waals surface area contributed by atoms with Crippen molar-refractivity contribution in [1.29, 1.82) is 0 Å². The molecular weight excluding hydrogens is 342 g/mol. The maximum atomic E-state index is 11.6. The Hall–Kier alpha value is -3.06. The lowest BCUT2D eigenvalue weighted by atomic mass is 10.2. The third-order valence-corrected chi connectivity index (χ3v) is 5.71. The molecule has 3 aromatic rings. The van der Waals surface area contributed by atoms with Gasteiger partial charge >= 0.3 is 0 Å². The molecule has 7 heteroatoms. The SMILES string of the molecule is NC(=O)c1cccc2[nH]c(N3C[C@@H]4C[C@H]3CN4Cc3ccc(O)cc3)nc12. The highest BCUT2D eigenvalue weighted by Crippen LogP contribution is 2.35. The van der Waals surface area contributed by atoms with Gasteiger partial charge in [-0.2, -0.15) is 0 Å². The Morgan fingerprint density at radius 1 is 1.19 bits per heavy atom. The van der Waals surface area contributed by atoms with E-state index in [-0.39, 0.29) is 0 Å². The number of carbonyl (C=O) groups is 1. The Labute approximate surface area is 156 Å². The first kappa shape index (κ1) is 16.1. The number of H-pyrrole nitrogens is 1. The fourth-order valence-electron chi connectivity index (χ4n) is 4.39. The van der Waals surface area contributed by atoms with Crippen molar-refractivity contribution in [1.82, 2.24) is 14.9 Å². The summed E-state index contributed by atoms with van der Waals surface area (Å²) in [4.78, 5) is 24.5. The number of imidazole rings is 1. The summed E-state index contributed by atoms with van der Waals surface area (Å²) in [7, 11) is 0. The van der Waals surface area contributed by atoms with Crippen LogP contribution in [0.2, 0.25) is 0 Å². The maximum absolute atomic E-state index is 11.6. The molecule has 2 aliphatic heterocycles. The van der Waals surface area contributed by atoms with E-state index in [9.17, 15) is 9.90 Å². The molecule has 1 aromatic heterocycles. The number of aromatic hydroxyl groups is 1. The van der Waals surface area contributed by atoms with Crippen LogP contribution in [-0.2, 0) is 6.54 Å². The van der Waals surface area contributed by atoms with Gasteiger partial charge in [0.25, 0.3) is 5.91 Å². The number of hydrogen-bond acceptors (Lipinski definition) is 5. The average Bonchev–Trinajstić information content (AvgIpc) is 3.35. The molecule has 2 bridgehead atoms. The van der Waals surface area contributed by atoms with Crippen molar-refractivity contribution in [2.75, 3.05) is 18.0 Å². The zero-order valence-electron chi connectivity index (χ0n) is 14.8. The van der Waals surface area contributed by atoms with E-state index in [2.05, 4.69) is 19.8 Å². The lowest BCUT2D eigenvalue weighted by molar-refractivity contribution is 0.100. The molecular formula is C20H21N5O2. The molecule has 3 heterocycles. The zero-order chi connectivity index (χ0) is 18.5. The lowest BCUT2D eigenvalue weighted by Gasteiger charge is -2.34. The van der Waals surface area contributed by atoms with Crippen LogP contribution in [0.25, 0.3) is 11.0 Å². The predicted molar refractivity (Wildman–Crippen MR) is 103 cm³/mol. The summed E-state index contributed by atoms with van der Waals surface area (Å²) >= 11 is 0. The molecule has 0 spiro atoms. The Balaban J connectivity index is 1.35. The number of piperazine rings is 1. The van der Waals surface area contributed by atoms with Gasteiger partial charge in [-0.15, -0.1) is 0 Å². The highest BCUT2D eigenvalue weighted by molar-refractivity contribution is 6.04. The minimum atomic E-state index is -0.457. The smallest absolute Gasteiger partial charge is 0.250 e. The zero-order valence-corrected chi connectivity index (χ0v) is 14.8. The number of aromatic nitrogens is 2. The first-order valence-electron chi connectivity index (χ1n) is 9.15. The number of hydrogen-bond donors (Lipinski definition) is 3. The van der Waals surface area contributed by atoms with Crippen molar-refractivity contribution in [3.05, 3.63) is 53.6 Å². The molecule has 27 heavy (non-hydrogen) atoms. The Morgan fingerprint density at radius 3 is 2.70 bits per heavy atom. The third kappa shape index (κ3) is 2.71. The molecule has 0 saturated carbocycles. The molecule has 2 aromatic carbocycles. The van der Waals surface area contributed by atoms with Crippen LogP contribution in [0.1, 0.15) is 22.3 Å². The van der Waals surface area contributed by atoms with Crippen LogP contribution in [0.5, 0.6) is 5.75 Å². The number of amides is 1. The third-order valence-electron chi connectivity index (χ3n) is 5.71. The summed E-state index contributed by atoms with van der Waals surface area (Å²) in [6, 6.07) is 13.8. The van der Waals surface area contributed by atoms with Crippen LogP contribution in [0.3, 0.4) is 0 Å². The number of nitrogens with one attached hydrogen (secondary N) is 1. The van der Waals surface area contributed by atoms with Crippen molar-refractivity contribution in [2.24, 2.45) is 5.73 Å². The Bertz CT molecular complexity index is 1010. The molecule has 4 N–H and O–H groups in total. The second-order valence-electron chi connectivity index (χ2n) is 7.42. The van der Waals surface area contributed by atoms with Crippen LogP contribution in [0.15, 0.2) is 42.5 Å². The van der Waals surface area contributed by atoms with Crippen molar-refractivity contribution in [3.63, 3.8) is 0 Å². The summed E-state index contributed by atoms with van der Waals surface area (Å²) in [5.41, 5.74) is 8.62. The van der Waals surface area contributed by atoms with Crippen LogP contribution >= 0.6 is 0 Å². The van der Waals surface area contributed by atoms with Crippen LogP contribution < -0.4 is 10.6 Å². The second-order valence-corrected chi connectivity index (χ2v) is 7.42. The molecule has 0 unspecified atom stereocenters. The number of phenolic OH excluding ortho intramolecular Hbond substituents is 1. The Kier molecular flexibility index (Phi) is 3.58. The first-order valence-corrected chi connectivity index (χ1v) is 9.15. The average molecular weight is 363 g/mol. The van der Waals surface area contributed by atoms with Gasteiger partial charge in [-0.05, 0) is 36.2 Å². The van der Waals surface area contributed by atoms with Crippen molar-refractivity contribution in [2.45, 2.75) is 25.0 Å². The number of nitrogens with zero attached hydrogens (tertiary/aromatic N) is 3. The van der Waals surface area contributed by atoms with E-state index in [4.69, 9.17) is 5.73 Å². The molecule has 1 amide bonds. The second kappa shape index (κ2) is 5.99. The summed E-state index contributed by atoms with van der Waals surface area (Å²) in [6.45, 7) is 2.78. The van der Waals surface area contributed by atoms with Gasteiger partial charge in [0.2, 0.25) is 5.95 Å². The minimum absolute atomic E-state index is 0.299. The van der Waals surface area contributed by atoms with Crippen molar-refractivity contribution >= 4 is 22.9 Å². The first-order chi connectivity index (χ1) is 13.1. The normalized spacial score (nSPS) is 22.0. The number of fused-ring (bicyclic) bond motifs is 3. The molecule has 7 nitrogen and oxygen atoms in total. The number of benzene rings is 2. The molecule has 5 rings (SSSR count). The van der Waals surface area contributed by atoms with Crippen LogP contribution in [0, 0.1) is 0 Å². The maximum Gasteiger partial charge on any atom is 0.250 e. The van der Waals surface area contributed by atoms with Gasteiger partial charge in [0, 0.05) is 31.7 Å². The highest BCUT2D eigenvalue weighted by Gasteiger charge is 2.44. The number of rotatable bonds is 4. The number of para-hydroxylation sites is 1. The summed E-state index contributed by atoms with van der Waals surface area (Å²) < 4.78 is 0. The number of likely N-dealkylation sites (tertiary alicyclic amines) is 1. The minimum Gasteiger partial charge on any atom is -0.508 e. The van der Waals surface area contributed by atoms with E-state index >= 15 is 0 Å². The summed E-state index contributed by atoms with van der Waals surface area (Å²) in [5.74, 6) is 0.658. The van der Waals surface area contributed by atoms with Crippen LogP contribution in [0.4, 0.5) is 5.95 Å². The van der Waals surface area contributed by atoms with Gasteiger partial charge < -0.3 is 20.7 Å². The molecule has 2 saturated heterocycles. The van der Waals surface area contributed by atoms with Gasteiger partial charge in [-0.25, -0.2) is 4.98 Å². The van der Waals surface area contributed by atoms with E-state index < -0.39 is 5.91 Å². The van der Waals surface area contributed by atoms with E-state index in [1.54, 1.807) is 18.2 Å². The summed E-state index contributed by atoms with van der Waals surface area (Å²) in [6.07, 6.45) is 1.11. The molecule has 0 aliphatic carbocycles. The fraction of sp³-hybridized carbons (Fsp3) is 0.300. The predicted octanol–water partition coefficient (Wildman–Crippen LogP) is 1.83. The van der Waals surface area contributed by atoms with E-state index in [1.807, 2.05) is 24.3 Å². The molecule has 0 radical (unpaired) electrons. The monoisotopic (exact) mass is 363 g/mol. The topological polar surface area (TPSA) is 98.5 Å². The van der Waals surface area contributed by atoms with Gasteiger partial charge in [0.15, 0.2) is 0 Å².